The van der Waals surface area contributed by atoms with Gasteiger partial charge in [-0.1, -0.05) is 12.8 Å². The minimum atomic E-state index is 0.0386. The van der Waals surface area contributed by atoms with E-state index in [1.54, 1.807) is 0 Å². The average molecular weight is 308 g/mol. The summed E-state index contributed by atoms with van der Waals surface area (Å²) in [7, 11) is 0. The first kappa shape index (κ1) is 16.3. The molecule has 4 saturated heterocycles. The second kappa shape index (κ2) is 8.30. The van der Waals surface area contributed by atoms with Gasteiger partial charge in [0.2, 0.25) is 0 Å². The van der Waals surface area contributed by atoms with Crippen molar-refractivity contribution >= 4 is 5.97 Å². The van der Waals surface area contributed by atoms with Gasteiger partial charge in [-0.2, -0.15) is 0 Å². The highest BCUT2D eigenvalue weighted by Crippen LogP contribution is 2.29. The Morgan fingerprint density at radius 1 is 0.955 bits per heavy atom. The van der Waals surface area contributed by atoms with Crippen LogP contribution in [0, 0.1) is 5.92 Å². The number of hydrogen-bond acceptors (Lipinski definition) is 4. The molecule has 0 N–H and O–H groups in total. The number of hydrogen-bond donors (Lipinski definition) is 0. The van der Waals surface area contributed by atoms with Crippen LogP contribution in [-0.2, 0) is 9.53 Å². The molecule has 4 aliphatic heterocycles. The molecule has 0 saturated carbocycles. The smallest absolute Gasteiger partial charge is 0.306 e. The number of unbranched alkanes of at least 4 members (excludes halogenated alkanes) is 2. The fraction of sp³-hybridized carbons (Fsp3) is 0.944. The van der Waals surface area contributed by atoms with E-state index in [4.69, 9.17) is 4.74 Å². The van der Waals surface area contributed by atoms with Gasteiger partial charge in [-0.15, -0.1) is 0 Å². The molecule has 2 bridgehead atoms. The summed E-state index contributed by atoms with van der Waals surface area (Å²) in [6.45, 7) is 7.16. The van der Waals surface area contributed by atoms with Gasteiger partial charge in [0.05, 0.1) is 0 Å². The third-order valence-electron chi connectivity index (χ3n) is 5.68. The third kappa shape index (κ3) is 4.69. The zero-order valence-corrected chi connectivity index (χ0v) is 14.0. The second-order valence-corrected chi connectivity index (χ2v) is 7.38. The quantitative estimate of drug-likeness (QED) is 0.535. The lowest BCUT2D eigenvalue weighted by atomic mass is 9.86. The molecular weight excluding hydrogens is 276 g/mol. The average Bonchev–Trinajstić information content (AvgIpc) is 2.56. The largest absolute Gasteiger partial charge is 0.461 e. The number of carbonyl (C=O) groups excluding carboxylic acids is 1. The molecule has 126 valence electrons. The summed E-state index contributed by atoms with van der Waals surface area (Å²) >= 11 is 0. The molecule has 0 aromatic carbocycles. The lowest BCUT2D eigenvalue weighted by molar-refractivity contribution is -0.158. The van der Waals surface area contributed by atoms with Crippen molar-refractivity contribution in [3.63, 3.8) is 0 Å². The van der Waals surface area contributed by atoms with Gasteiger partial charge in [0.25, 0.3) is 0 Å². The van der Waals surface area contributed by atoms with Gasteiger partial charge in [0.15, 0.2) is 0 Å². The van der Waals surface area contributed by atoms with Gasteiger partial charge in [0.1, 0.15) is 6.10 Å². The number of carbonyl (C=O) groups is 1. The SMILES string of the molecule is O=C(CCCCCN1CCCCC1)O[C@H]1CN2CCC1CC2. The molecule has 0 aromatic heterocycles. The molecule has 4 nitrogen and oxygen atoms in total. The van der Waals surface area contributed by atoms with Crippen LogP contribution in [0.25, 0.3) is 0 Å². The number of nitrogens with zero attached hydrogens (tertiary/aromatic N) is 2. The van der Waals surface area contributed by atoms with Crippen LogP contribution >= 0.6 is 0 Å². The summed E-state index contributed by atoms with van der Waals surface area (Å²) in [4.78, 5) is 17.0. The van der Waals surface area contributed by atoms with E-state index in [1.807, 2.05) is 0 Å². The van der Waals surface area contributed by atoms with Crippen LogP contribution < -0.4 is 0 Å². The van der Waals surface area contributed by atoms with Crippen molar-refractivity contribution in [1.29, 1.82) is 0 Å². The van der Waals surface area contributed by atoms with E-state index >= 15 is 0 Å². The monoisotopic (exact) mass is 308 g/mol. The number of piperidine rings is 4. The molecule has 0 spiro atoms. The fourth-order valence-corrected chi connectivity index (χ4v) is 4.24. The molecule has 4 heteroatoms. The highest BCUT2D eigenvalue weighted by molar-refractivity contribution is 5.69. The molecule has 0 aromatic rings. The normalized spacial score (nSPS) is 32.1. The Morgan fingerprint density at radius 3 is 2.41 bits per heavy atom. The van der Waals surface area contributed by atoms with Gasteiger partial charge in [-0.25, -0.2) is 0 Å². The molecule has 1 atom stereocenters. The summed E-state index contributed by atoms with van der Waals surface area (Å²) < 4.78 is 5.73. The number of ether oxygens (including phenoxy) is 1. The van der Waals surface area contributed by atoms with Gasteiger partial charge in [-0.05, 0) is 77.2 Å². The van der Waals surface area contributed by atoms with Crippen LogP contribution in [0.15, 0.2) is 0 Å². The molecule has 4 aliphatic rings. The van der Waals surface area contributed by atoms with E-state index in [9.17, 15) is 4.79 Å². The van der Waals surface area contributed by atoms with E-state index < -0.39 is 0 Å². The topological polar surface area (TPSA) is 32.8 Å². The van der Waals surface area contributed by atoms with Crippen LogP contribution in [0.3, 0.4) is 0 Å². The Hall–Kier alpha value is -0.610. The van der Waals surface area contributed by atoms with Crippen molar-refractivity contribution in [3.05, 3.63) is 0 Å². The molecule has 0 aliphatic carbocycles. The van der Waals surface area contributed by atoms with E-state index in [1.165, 1.54) is 71.2 Å². The molecule has 0 amide bonds. The summed E-state index contributed by atoms with van der Waals surface area (Å²) in [5, 5.41) is 0. The third-order valence-corrected chi connectivity index (χ3v) is 5.68. The Morgan fingerprint density at radius 2 is 1.73 bits per heavy atom. The zero-order valence-electron chi connectivity index (χ0n) is 14.0. The van der Waals surface area contributed by atoms with Gasteiger partial charge >= 0.3 is 5.97 Å². The van der Waals surface area contributed by atoms with E-state index in [0.29, 0.717) is 12.3 Å². The predicted octanol–water partition coefficient (Wildman–Crippen LogP) is 2.67. The first-order valence-electron chi connectivity index (χ1n) is 9.45. The predicted molar refractivity (Wildman–Crippen MR) is 87.8 cm³/mol. The minimum absolute atomic E-state index is 0.0386. The van der Waals surface area contributed by atoms with Crippen molar-refractivity contribution in [1.82, 2.24) is 9.80 Å². The number of rotatable bonds is 7. The van der Waals surface area contributed by atoms with Crippen LogP contribution in [-0.4, -0.2) is 61.1 Å². The van der Waals surface area contributed by atoms with Gasteiger partial charge in [-0.3, -0.25) is 9.69 Å². The number of fused-ring (bicyclic) bond motifs is 3. The standard InChI is InChI=1S/C18H32N2O2/c21-18(22-17-15-20-13-8-16(17)9-14-20)7-3-1-4-10-19-11-5-2-6-12-19/h16-17H,1-15H2/t17-/m0/s1. The van der Waals surface area contributed by atoms with E-state index in [2.05, 4.69) is 9.80 Å². The molecule has 4 rings (SSSR count). The molecule has 0 radical (unpaired) electrons. The first-order valence-corrected chi connectivity index (χ1v) is 9.45. The Kier molecular flexibility index (Phi) is 6.13. The van der Waals surface area contributed by atoms with Crippen molar-refractivity contribution in [3.8, 4) is 0 Å². The highest BCUT2D eigenvalue weighted by atomic mass is 16.5. The summed E-state index contributed by atoms with van der Waals surface area (Å²) in [5.74, 6) is 0.671. The minimum Gasteiger partial charge on any atom is -0.461 e. The highest BCUT2D eigenvalue weighted by Gasteiger charge is 2.36. The maximum Gasteiger partial charge on any atom is 0.306 e. The lowest BCUT2D eigenvalue weighted by Gasteiger charge is -2.43. The molecular formula is C18H32N2O2. The fourth-order valence-electron chi connectivity index (χ4n) is 4.24. The maximum atomic E-state index is 12.0. The summed E-state index contributed by atoms with van der Waals surface area (Å²) in [5.41, 5.74) is 0. The molecule has 0 unspecified atom stereocenters. The van der Waals surface area contributed by atoms with Crippen LogP contribution in [0.1, 0.15) is 57.8 Å². The second-order valence-electron chi connectivity index (χ2n) is 7.38. The van der Waals surface area contributed by atoms with Crippen LogP contribution in [0.4, 0.5) is 0 Å². The van der Waals surface area contributed by atoms with Crippen LogP contribution in [0.5, 0.6) is 0 Å². The van der Waals surface area contributed by atoms with Crippen molar-refractivity contribution in [2.45, 2.75) is 63.9 Å². The summed E-state index contributed by atoms with van der Waals surface area (Å²) in [6, 6.07) is 0. The Balaban J connectivity index is 1.23. The van der Waals surface area contributed by atoms with Gasteiger partial charge in [0, 0.05) is 13.0 Å². The zero-order chi connectivity index (χ0) is 15.2. The van der Waals surface area contributed by atoms with Crippen molar-refractivity contribution in [2.24, 2.45) is 5.92 Å². The maximum absolute atomic E-state index is 12.0. The lowest BCUT2D eigenvalue weighted by Crippen LogP contribution is -2.51. The van der Waals surface area contributed by atoms with Crippen molar-refractivity contribution < 1.29 is 9.53 Å². The molecule has 4 fully saturated rings. The van der Waals surface area contributed by atoms with Crippen molar-refractivity contribution in [2.75, 3.05) is 39.3 Å². The Bertz CT molecular complexity index is 347. The molecule has 4 heterocycles. The van der Waals surface area contributed by atoms with E-state index in [-0.39, 0.29) is 12.1 Å². The van der Waals surface area contributed by atoms with E-state index in [0.717, 1.165) is 19.4 Å². The Labute approximate surface area is 135 Å². The van der Waals surface area contributed by atoms with Crippen LogP contribution in [0.2, 0.25) is 0 Å². The van der Waals surface area contributed by atoms with Gasteiger partial charge < -0.3 is 9.64 Å². The first-order chi connectivity index (χ1) is 10.8. The number of likely N-dealkylation sites (tertiary alicyclic amines) is 1. The number of esters is 1. The molecule has 22 heavy (non-hydrogen) atoms. The summed E-state index contributed by atoms with van der Waals surface area (Å²) in [6.07, 6.45) is 10.8.